The summed E-state index contributed by atoms with van der Waals surface area (Å²) in [5, 5.41) is 3.50. The van der Waals surface area contributed by atoms with Crippen LogP contribution in [0.1, 0.15) is 38.3 Å². The van der Waals surface area contributed by atoms with Gasteiger partial charge in [-0.25, -0.2) is 8.42 Å². The molecule has 0 bridgehead atoms. The van der Waals surface area contributed by atoms with Gasteiger partial charge in [0, 0.05) is 24.0 Å². The highest BCUT2D eigenvalue weighted by atomic mass is 35.5. The van der Waals surface area contributed by atoms with Crippen LogP contribution in [0.5, 0.6) is 5.75 Å². The summed E-state index contributed by atoms with van der Waals surface area (Å²) in [6, 6.07) is 22.0. The lowest BCUT2D eigenvalue weighted by Crippen LogP contribution is -2.54. The Labute approximate surface area is 248 Å². The van der Waals surface area contributed by atoms with Gasteiger partial charge in [-0.2, -0.15) is 0 Å². The van der Waals surface area contributed by atoms with E-state index in [2.05, 4.69) is 5.32 Å². The van der Waals surface area contributed by atoms with E-state index in [1.807, 2.05) is 57.2 Å². The molecule has 0 aliphatic rings. The molecule has 0 fully saturated rings. The number of hydrogen-bond acceptors (Lipinski definition) is 5. The maximum absolute atomic E-state index is 14.1. The second-order valence-corrected chi connectivity index (χ2v) is 12.2. The fourth-order valence-electron chi connectivity index (χ4n) is 4.32. The molecule has 1 N–H and O–H groups in total. The van der Waals surface area contributed by atoms with Crippen molar-refractivity contribution < 1.29 is 22.7 Å². The summed E-state index contributed by atoms with van der Waals surface area (Å²) >= 11 is 6.25. The summed E-state index contributed by atoms with van der Waals surface area (Å²) < 4.78 is 32.3. The minimum atomic E-state index is -3.86. The van der Waals surface area contributed by atoms with Gasteiger partial charge in [-0.05, 0) is 67.8 Å². The largest absolute Gasteiger partial charge is 0.494 e. The van der Waals surface area contributed by atoms with Gasteiger partial charge >= 0.3 is 0 Å². The third-order valence-corrected chi connectivity index (χ3v) is 8.00. The Kier molecular flexibility index (Phi) is 11.6. The molecule has 2 amide bonds. The van der Waals surface area contributed by atoms with E-state index in [-0.39, 0.29) is 24.9 Å². The van der Waals surface area contributed by atoms with Gasteiger partial charge in [0.1, 0.15) is 18.3 Å². The molecular weight excluding hydrogens is 562 g/mol. The molecule has 2 atom stereocenters. The van der Waals surface area contributed by atoms with Crippen LogP contribution in [0, 0.1) is 0 Å². The number of amides is 2. The Morgan fingerprint density at radius 3 is 2.20 bits per heavy atom. The van der Waals surface area contributed by atoms with Crippen molar-refractivity contribution in [2.75, 3.05) is 23.7 Å². The number of rotatable bonds is 14. The minimum Gasteiger partial charge on any atom is -0.494 e. The average molecular weight is 600 g/mol. The fourth-order valence-corrected chi connectivity index (χ4v) is 5.38. The molecule has 220 valence electrons. The zero-order valence-electron chi connectivity index (χ0n) is 23.9. The lowest BCUT2D eigenvalue weighted by molar-refractivity contribution is -0.140. The Bertz CT molecular complexity index is 1400. The Hall–Kier alpha value is -3.56. The van der Waals surface area contributed by atoms with Crippen LogP contribution in [0.2, 0.25) is 5.02 Å². The van der Waals surface area contributed by atoms with Gasteiger partial charge in [0.05, 0.1) is 18.6 Å². The zero-order chi connectivity index (χ0) is 30.0. The number of nitrogens with one attached hydrogen (secondary N) is 1. The van der Waals surface area contributed by atoms with E-state index in [0.29, 0.717) is 35.1 Å². The van der Waals surface area contributed by atoms with E-state index < -0.39 is 28.5 Å². The van der Waals surface area contributed by atoms with Crippen LogP contribution >= 0.6 is 11.6 Å². The first kappa shape index (κ1) is 32.0. The third kappa shape index (κ3) is 9.50. The zero-order valence-corrected chi connectivity index (χ0v) is 25.5. The Morgan fingerprint density at radius 2 is 1.61 bits per heavy atom. The standard InChI is InChI=1S/C31H38ClN3O5S/c1-5-23(3)33-31(37)29(20-24-11-8-7-9-12-24)34(21-25-13-10-14-26(32)19-25)30(36)22-35(41(4,38)39)27-15-17-28(18-16-27)40-6-2/h7-19,23,29H,5-6,20-22H2,1-4H3,(H,33,37)/t23-,29+/m1/s1. The molecule has 41 heavy (non-hydrogen) atoms. The van der Waals surface area contributed by atoms with Gasteiger partial charge in [-0.15, -0.1) is 0 Å². The highest BCUT2D eigenvalue weighted by Gasteiger charge is 2.33. The number of halogens is 1. The van der Waals surface area contributed by atoms with Gasteiger partial charge in [0.2, 0.25) is 21.8 Å². The van der Waals surface area contributed by atoms with Crippen LogP contribution in [0.15, 0.2) is 78.9 Å². The van der Waals surface area contributed by atoms with Gasteiger partial charge in [0.15, 0.2) is 0 Å². The van der Waals surface area contributed by atoms with E-state index in [1.165, 1.54) is 4.90 Å². The molecule has 3 rings (SSSR count). The van der Waals surface area contributed by atoms with Gasteiger partial charge in [0.25, 0.3) is 0 Å². The van der Waals surface area contributed by atoms with Gasteiger partial charge in [-0.1, -0.05) is 61.0 Å². The van der Waals surface area contributed by atoms with Crippen molar-refractivity contribution in [1.82, 2.24) is 10.2 Å². The van der Waals surface area contributed by atoms with Crippen LogP contribution < -0.4 is 14.4 Å². The van der Waals surface area contributed by atoms with Gasteiger partial charge in [-0.3, -0.25) is 13.9 Å². The van der Waals surface area contributed by atoms with Crippen LogP contribution in [-0.2, 0) is 32.6 Å². The molecule has 8 nitrogen and oxygen atoms in total. The molecule has 0 saturated carbocycles. The van der Waals surface area contributed by atoms with Crippen molar-refractivity contribution in [3.63, 3.8) is 0 Å². The van der Waals surface area contributed by atoms with E-state index in [1.54, 1.807) is 42.5 Å². The molecule has 0 unspecified atom stereocenters. The molecule has 0 heterocycles. The van der Waals surface area contributed by atoms with E-state index >= 15 is 0 Å². The maximum Gasteiger partial charge on any atom is 0.244 e. The highest BCUT2D eigenvalue weighted by molar-refractivity contribution is 7.92. The van der Waals surface area contributed by atoms with Crippen molar-refractivity contribution in [2.45, 2.75) is 52.2 Å². The first-order chi connectivity index (χ1) is 19.5. The second kappa shape index (κ2) is 14.9. The molecule has 0 radical (unpaired) electrons. The highest BCUT2D eigenvalue weighted by Crippen LogP contribution is 2.23. The summed E-state index contributed by atoms with van der Waals surface area (Å²) in [5.74, 6) is -0.252. The quantitative estimate of drug-likeness (QED) is 0.279. The summed E-state index contributed by atoms with van der Waals surface area (Å²) in [4.78, 5) is 29.2. The van der Waals surface area contributed by atoms with E-state index in [9.17, 15) is 18.0 Å². The SMILES string of the molecule is CCOc1ccc(N(CC(=O)N(Cc2cccc(Cl)c2)[C@@H](Cc2ccccc2)C(=O)N[C@H](C)CC)S(C)(=O)=O)cc1. The third-order valence-electron chi connectivity index (χ3n) is 6.63. The lowest BCUT2D eigenvalue weighted by atomic mass is 10.0. The molecule has 3 aromatic rings. The monoisotopic (exact) mass is 599 g/mol. The number of anilines is 1. The van der Waals surface area contributed by atoms with Crippen LogP contribution in [0.4, 0.5) is 5.69 Å². The van der Waals surface area contributed by atoms with Crippen molar-refractivity contribution in [3.05, 3.63) is 95.0 Å². The summed E-state index contributed by atoms with van der Waals surface area (Å²) in [6.45, 7) is 5.76. The molecule has 10 heteroatoms. The Balaban J connectivity index is 2.04. The number of carbonyl (C=O) groups is 2. The van der Waals surface area contributed by atoms with Gasteiger partial charge < -0.3 is 15.0 Å². The predicted octanol–water partition coefficient (Wildman–Crippen LogP) is 5.06. The number of nitrogens with zero attached hydrogens (tertiary/aromatic N) is 2. The van der Waals surface area contributed by atoms with Crippen LogP contribution in [-0.4, -0.2) is 56.6 Å². The van der Waals surface area contributed by atoms with Crippen LogP contribution in [0.25, 0.3) is 0 Å². The van der Waals surface area contributed by atoms with Crippen molar-refractivity contribution in [1.29, 1.82) is 0 Å². The molecule has 0 aliphatic heterocycles. The summed E-state index contributed by atoms with van der Waals surface area (Å²) in [5.41, 5.74) is 1.90. The topological polar surface area (TPSA) is 96.0 Å². The second-order valence-electron chi connectivity index (χ2n) is 9.87. The molecule has 0 aromatic heterocycles. The minimum absolute atomic E-state index is 0.0612. The molecule has 0 saturated heterocycles. The molecule has 3 aromatic carbocycles. The van der Waals surface area contributed by atoms with E-state index in [0.717, 1.165) is 16.1 Å². The van der Waals surface area contributed by atoms with Crippen molar-refractivity contribution in [3.8, 4) is 5.75 Å². The summed E-state index contributed by atoms with van der Waals surface area (Å²) in [7, 11) is -3.86. The van der Waals surface area contributed by atoms with Crippen molar-refractivity contribution in [2.24, 2.45) is 0 Å². The molecule has 0 spiro atoms. The molecule has 0 aliphatic carbocycles. The fraction of sp³-hybridized carbons (Fsp3) is 0.355. The summed E-state index contributed by atoms with van der Waals surface area (Å²) in [6.07, 6.45) is 2.01. The number of ether oxygens (including phenoxy) is 1. The predicted molar refractivity (Wildman–Crippen MR) is 164 cm³/mol. The number of sulfonamides is 1. The smallest absolute Gasteiger partial charge is 0.244 e. The van der Waals surface area contributed by atoms with Crippen LogP contribution in [0.3, 0.4) is 0 Å². The first-order valence-electron chi connectivity index (χ1n) is 13.6. The number of benzene rings is 3. The Morgan fingerprint density at radius 1 is 0.951 bits per heavy atom. The lowest BCUT2D eigenvalue weighted by Gasteiger charge is -2.34. The maximum atomic E-state index is 14.1. The van der Waals surface area contributed by atoms with Crippen molar-refractivity contribution >= 4 is 39.1 Å². The average Bonchev–Trinajstić information content (AvgIpc) is 2.94. The molecular formula is C31H38ClN3O5S. The van der Waals surface area contributed by atoms with E-state index in [4.69, 9.17) is 16.3 Å². The normalized spacial score (nSPS) is 12.7. The first-order valence-corrected chi connectivity index (χ1v) is 15.8. The number of carbonyl (C=O) groups excluding carboxylic acids is 2. The number of hydrogen-bond donors (Lipinski definition) is 1.